The number of fused-ring (bicyclic) bond motifs is 1. The molecule has 1 amide bonds. The summed E-state index contributed by atoms with van der Waals surface area (Å²) in [6.07, 6.45) is 1.72. The fourth-order valence-corrected chi connectivity index (χ4v) is 4.84. The van der Waals surface area contributed by atoms with Crippen molar-refractivity contribution in [2.75, 3.05) is 5.32 Å². The maximum atomic E-state index is 13.1. The van der Waals surface area contributed by atoms with Crippen LogP contribution in [0.5, 0.6) is 0 Å². The van der Waals surface area contributed by atoms with Gasteiger partial charge in [-0.3, -0.25) is 9.59 Å². The number of hydrogen-bond donors (Lipinski definition) is 1. The van der Waals surface area contributed by atoms with Gasteiger partial charge in [0.1, 0.15) is 6.54 Å². The zero-order valence-corrected chi connectivity index (χ0v) is 19.7. The molecule has 0 aliphatic carbocycles. The van der Waals surface area contributed by atoms with Crippen molar-refractivity contribution in [3.05, 3.63) is 100 Å². The molecular formula is C26H19ClN4O2S. The highest BCUT2D eigenvalue weighted by Gasteiger charge is 2.19. The van der Waals surface area contributed by atoms with Crippen LogP contribution in [0.2, 0.25) is 5.02 Å². The molecule has 2 aromatic carbocycles. The van der Waals surface area contributed by atoms with E-state index in [-0.39, 0.29) is 18.2 Å². The molecule has 1 N–H and O–H groups in total. The van der Waals surface area contributed by atoms with Crippen LogP contribution in [0.25, 0.3) is 21.5 Å². The molecule has 0 unspecified atom stereocenters. The van der Waals surface area contributed by atoms with E-state index in [1.807, 2.05) is 30.5 Å². The van der Waals surface area contributed by atoms with Gasteiger partial charge in [-0.05, 0) is 42.6 Å². The van der Waals surface area contributed by atoms with E-state index in [0.717, 1.165) is 21.5 Å². The molecular weight excluding hydrogens is 468 g/mol. The molecule has 0 aliphatic rings. The maximum Gasteiger partial charge on any atom is 0.246 e. The van der Waals surface area contributed by atoms with Crippen molar-refractivity contribution >= 4 is 51.3 Å². The first kappa shape index (κ1) is 22.0. The molecule has 0 radical (unpaired) electrons. The summed E-state index contributed by atoms with van der Waals surface area (Å²) in [6.45, 7) is 1.86. The molecule has 168 valence electrons. The molecule has 6 nitrogen and oxygen atoms in total. The van der Waals surface area contributed by atoms with E-state index >= 15 is 0 Å². The number of rotatable bonds is 6. The number of benzene rings is 2. The average molecular weight is 487 g/mol. The Hall–Kier alpha value is -3.81. The number of nitrogens with one attached hydrogen (secondary N) is 1. The molecule has 34 heavy (non-hydrogen) atoms. The minimum Gasteiger partial charge on any atom is -0.324 e. The number of halogens is 1. The maximum absolute atomic E-state index is 13.1. The van der Waals surface area contributed by atoms with Crippen molar-refractivity contribution in [1.82, 2.24) is 14.8 Å². The van der Waals surface area contributed by atoms with Crippen LogP contribution in [0.4, 0.5) is 5.69 Å². The van der Waals surface area contributed by atoms with Crippen molar-refractivity contribution in [3.8, 4) is 10.4 Å². The third kappa shape index (κ3) is 4.23. The Bertz CT molecular complexity index is 1510. The van der Waals surface area contributed by atoms with Gasteiger partial charge in [0.15, 0.2) is 11.4 Å². The number of hydrogen-bond acceptors (Lipinski definition) is 5. The third-order valence-electron chi connectivity index (χ3n) is 5.42. The summed E-state index contributed by atoms with van der Waals surface area (Å²) >= 11 is 7.79. The van der Waals surface area contributed by atoms with Crippen LogP contribution in [-0.4, -0.2) is 26.5 Å². The standard InChI is InChI=1S/C26H19ClN4O2S/c1-16-24-19(22-8-5-13-34-22)11-12-28-26(24)31(30-16)15-23(32)29-21-10-9-18(27)14-20(21)25(33)17-6-3-2-4-7-17/h2-14H,15H2,1H3,(H,29,32). The summed E-state index contributed by atoms with van der Waals surface area (Å²) in [6, 6.07) is 19.7. The van der Waals surface area contributed by atoms with Crippen LogP contribution in [0, 0.1) is 6.92 Å². The number of aromatic nitrogens is 3. The van der Waals surface area contributed by atoms with Crippen LogP contribution in [-0.2, 0) is 11.3 Å². The summed E-state index contributed by atoms with van der Waals surface area (Å²) in [5.41, 5.74) is 3.70. The second-order valence-corrected chi connectivity index (χ2v) is 9.09. The Morgan fingerprint density at radius 1 is 1.06 bits per heavy atom. The van der Waals surface area contributed by atoms with Gasteiger partial charge in [0.2, 0.25) is 5.91 Å². The number of carbonyl (C=O) groups is 2. The summed E-state index contributed by atoms with van der Waals surface area (Å²) in [4.78, 5) is 31.7. The van der Waals surface area contributed by atoms with Crippen molar-refractivity contribution in [3.63, 3.8) is 0 Å². The first-order chi connectivity index (χ1) is 16.5. The highest BCUT2D eigenvalue weighted by atomic mass is 35.5. The third-order valence-corrected chi connectivity index (χ3v) is 6.56. The van der Waals surface area contributed by atoms with E-state index in [1.54, 1.807) is 64.7 Å². The van der Waals surface area contributed by atoms with Crippen molar-refractivity contribution in [1.29, 1.82) is 0 Å². The number of amides is 1. The minimum absolute atomic E-state index is 0.0488. The second kappa shape index (κ2) is 9.21. The van der Waals surface area contributed by atoms with Gasteiger partial charge < -0.3 is 5.32 Å². The van der Waals surface area contributed by atoms with Gasteiger partial charge in [0, 0.05) is 32.8 Å². The van der Waals surface area contributed by atoms with Crippen molar-refractivity contribution in [2.45, 2.75) is 13.5 Å². The molecule has 0 saturated heterocycles. The van der Waals surface area contributed by atoms with E-state index < -0.39 is 0 Å². The minimum atomic E-state index is -0.322. The van der Waals surface area contributed by atoms with Crippen LogP contribution >= 0.6 is 22.9 Å². The van der Waals surface area contributed by atoms with Gasteiger partial charge in [0.05, 0.1) is 16.8 Å². The lowest BCUT2D eigenvalue weighted by molar-refractivity contribution is -0.116. The summed E-state index contributed by atoms with van der Waals surface area (Å²) in [7, 11) is 0. The van der Waals surface area contributed by atoms with Gasteiger partial charge in [-0.2, -0.15) is 5.10 Å². The Labute approximate surface area is 204 Å². The van der Waals surface area contributed by atoms with Gasteiger partial charge in [-0.1, -0.05) is 48.0 Å². The Morgan fingerprint density at radius 2 is 1.88 bits per heavy atom. The normalized spacial score (nSPS) is 11.0. The number of carbonyl (C=O) groups excluding carboxylic acids is 2. The number of pyridine rings is 1. The van der Waals surface area contributed by atoms with Gasteiger partial charge in [0.25, 0.3) is 0 Å². The lowest BCUT2D eigenvalue weighted by Crippen LogP contribution is -2.21. The molecule has 0 bridgehead atoms. The zero-order valence-electron chi connectivity index (χ0n) is 18.2. The monoisotopic (exact) mass is 486 g/mol. The molecule has 0 saturated carbocycles. The highest BCUT2D eigenvalue weighted by molar-refractivity contribution is 7.13. The molecule has 0 aliphatic heterocycles. The first-order valence-corrected chi connectivity index (χ1v) is 11.8. The fraction of sp³-hybridized carbons (Fsp3) is 0.0769. The van der Waals surface area contributed by atoms with Crippen LogP contribution in [0.3, 0.4) is 0 Å². The Morgan fingerprint density at radius 3 is 2.65 bits per heavy atom. The summed E-state index contributed by atoms with van der Waals surface area (Å²) < 4.78 is 1.59. The molecule has 0 fully saturated rings. The van der Waals surface area contributed by atoms with Crippen molar-refractivity contribution < 1.29 is 9.59 Å². The second-order valence-electron chi connectivity index (χ2n) is 7.71. The SMILES string of the molecule is Cc1nn(CC(=O)Nc2ccc(Cl)cc2C(=O)c2ccccc2)c2nccc(-c3cccs3)c12. The highest BCUT2D eigenvalue weighted by Crippen LogP contribution is 2.32. The van der Waals surface area contributed by atoms with Gasteiger partial charge in [-0.15, -0.1) is 11.3 Å². The molecule has 3 aromatic heterocycles. The van der Waals surface area contributed by atoms with Gasteiger partial charge >= 0.3 is 0 Å². The van der Waals surface area contributed by atoms with Crippen molar-refractivity contribution in [2.24, 2.45) is 0 Å². The number of anilines is 1. The lowest BCUT2D eigenvalue weighted by atomic mass is 10.0. The number of ketones is 1. The molecule has 8 heteroatoms. The molecule has 3 heterocycles. The summed E-state index contributed by atoms with van der Waals surface area (Å²) in [5.74, 6) is -0.543. The number of aryl methyl sites for hydroxylation is 1. The predicted molar refractivity (Wildman–Crippen MR) is 136 cm³/mol. The van der Waals surface area contributed by atoms with Crippen LogP contribution in [0.1, 0.15) is 21.6 Å². The predicted octanol–water partition coefficient (Wildman–Crippen LogP) is 5.99. The van der Waals surface area contributed by atoms with E-state index in [9.17, 15) is 9.59 Å². The number of thiophene rings is 1. The zero-order chi connectivity index (χ0) is 23.7. The Kier molecular flexibility index (Phi) is 5.96. The first-order valence-electron chi connectivity index (χ1n) is 10.6. The molecule has 5 rings (SSSR count). The quantitative estimate of drug-likeness (QED) is 0.299. The van der Waals surface area contributed by atoms with Crippen LogP contribution < -0.4 is 5.32 Å². The largest absolute Gasteiger partial charge is 0.324 e. The van der Waals surface area contributed by atoms with E-state index in [2.05, 4.69) is 21.5 Å². The topological polar surface area (TPSA) is 76.9 Å². The molecule has 5 aromatic rings. The smallest absolute Gasteiger partial charge is 0.246 e. The number of nitrogens with zero attached hydrogens (tertiary/aromatic N) is 3. The van der Waals surface area contributed by atoms with E-state index in [0.29, 0.717) is 27.5 Å². The molecule has 0 atom stereocenters. The van der Waals surface area contributed by atoms with E-state index in [4.69, 9.17) is 11.6 Å². The average Bonchev–Trinajstić information content (AvgIpc) is 3.49. The summed E-state index contributed by atoms with van der Waals surface area (Å²) in [5, 5.41) is 10.8. The fourth-order valence-electron chi connectivity index (χ4n) is 3.91. The van der Waals surface area contributed by atoms with Crippen LogP contribution in [0.15, 0.2) is 78.3 Å². The van der Waals surface area contributed by atoms with E-state index in [1.165, 1.54) is 0 Å². The Balaban J connectivity index is 1.44. The van der Waals surface area contributed by atoms with Gasteiger partial charge in [-0.25, -0.2) is 9.67 Å². The molecule has 0 spiro atoms. The lowest BCUT2D eigenvalue weighted by Gasteiger charge is -2.11.